The second kappa shape index (κ2) is 6.47. The minimum absolute atomic E-state index is 0.0209. The number of nitrogens with one attached hydrogen (secondary N) is 1. The summed E-state index contributed by atoms with van der Waals surface area (Å²) in [5, 5.41) is 12.5. The van der Waals surface area contributed by atoms with Gasteiger partial charge in [0.05, 0.1) is 11.8 Å². The molecule has 2 fully saturated rings. The molecule has 2 aliphatic carbocycles. The van der Waals surface area contributed by atoms with Gasteiger partial charge in [0.25, 0.3) is 0 Å². The fraction of sp³-hybridized carbons (Fsp3) is 0.450. The summed E-state index contributed by atoms with van der Waals surface area (Å²) in [6.07, 6.45) is 1.72. The van der Waals surface area contributed by atoms with Crippen molar-refractivity contribution in [3.05, 3.63) is 41.0 Å². The molecule has 2 aliphatic rings. The number of anilines is 1. The number of ketones is 1. The first-order valence-corrected chi connectivity index (χ1v) is 8.63. The first-order valence-electron chi connectivity index (χ1n) is 8.63. The topological polar surface area (TPSA) is 83.5 Å². The Labute approximate surface area is 147 Å². The average Bonchev–Trinajstić information content (AvgIpc) is 3.11. The fourth-order valence-electron chi connectivity index (χ4n) is 4.62. The van der Waals surface area contributed by atoms with E-state index in [9.17, 15) is 19.5 Å². The van der Waals surface area contributed by atoms with Gasteiger partial charge >= 0.3 is 5.97 Å². The SMILES string of the molecule is CC(=O)c1ccc(NC(=O)[C@H]2[C@@H](C(=O)O)[C@@H]3CC[C@H]2C3=C(C)C)cc1. The third kappa shape index (κ3) is 2.99. The maximum atomic E-state index is 12.8. The van der Waals surface area contributed by atoms with Gasteiger partial charge in [0.2, 0.25) is 5.91 Å². The van der Waals surface area contributed by atoms with Crippen LogP contribution in [-0.2, 0) is 9.59 Å². The molecule has 132 valence electrons. The number of rotatable bonds is 4. The molecule has 3 rings (SSSR count). The molecule has 0 unspecified atom stereocenters. The summed E-state index contributed by atoms with van der Waals surface area (Å²) < 4.78 is 0. The number of aliphatic carboxylic acids is 1. The second-order valence-corrected chi connectivity index (χ2v) is 7.26. The van der Waals surface area contributed by atoms with Crippen LogP contribution in [0.15, 0.2) is 35.4 Å². The number of amides is 1. The first kappa shape index (κ1) is 17.4. The third-order valence-corrected chi connectivity index (χ3v) is 5.57. The molecule has 2 bridgehead atoms. The van der Waals surface area contributed by atoms with Crippen molar-refractivity contribution in [2.24, 2.45) is 23.7 Å². The third-order valence-electron chi connectivity index (χ3n) is 5.57. The number of fused-ring (bicyclic) bond motifs is 2. The zero-order valence-corrected chi connectivity index (χ0v) is 14.7. The van der Waals surface area contributed by atoms with Crippen LogP contribution in [0.1, 0.15) is 44.0 Å². The van der Waals surface area contributed by atoms with Gasteiger partial charge in [-0.2, -0.15) is 0 Å². The van der Waals surface area contributed by atoms with Crippen LogP contribution in [-0.4, -0.2) is 22.8 Å². The molecule has 0 spiro atoms. The zero-order chi connectivity index (χ0) is 18.3. The van der Waals surface area contributed by atoms with Crippen molar-refractivity contribution in [3.8, 4) is 0 Å². The smallest absolute Gasteiger partial charge is 0.307 e. The molecule has 2 saturated carbocycles. The number of hydrogen-bond acceptors (Lipinski definition) is 3. The van der Waals surface area contributed by atoms with Crippen LogP contribution in [0.2, 0.25) is 0 Å². The molecule has 4 atom stereocenters. The summed E-state index contributed by atoms with van der Waals surface area (Å²) in [5.74, 6) is -2.36. The maximum Gasteiger partial charge on any atom is 0.307 e. The minimum atomic E-state index is -0.891. The van der Waals surface area contributed by atoms with Crippen LogP contribution in [0.25, 0.3) is 0 Å². The van der Waals surface area contributed by atoms with Crippen LogP contribution >= 0.6 is 0 Å². The Bertz CT molecular complexity index is 758. The van der Waals surface area contributed by atoms with Crippen LogP contribution in [0.3, 0.4) is 0 Å². The summed E-state index contributed by atoms with van der Waals surface area (Å²) in [4.78, 5) is 36.0. The molecular weight excluding hydrogens is 318 g/mol. The Kier molecular flexibility index (Phi) is 4.50. The van der Waals surface area contributed by atoms with Crippen molar-refractivity contribution in [2.75, 3.05) is 5.32 Å². The number of carbonyl (C=O) groups is 3. The summed E-state index contributed by atoms with van der Waals surface area (Å²) in [7, 11) is 0. The summed E-state index contributed by atoms with van der Waals surface area (Å²) in [5.41, 5.74) is 3.47. The van der Waals surface area contributed by atoms with Gasteiger partial charge in [-0.1, -0.05) is 11.1 Å². The monoisotopic (exact) mass is 341 g/mol. The highest BCUT2D eigenvalue weighted by Crippen LogP contribution is 2.57. The van der Waals surface area contributed by atoms with Gasteiger partial charge < -0.3 is 10.4 Å². The van der Waals surface area contributed by atoms with E-state index in [1.165, 1.54) is 12.5 Å². The number of carboxylic acids is 1. The molecule has 0 heterocycles. The van der Waals surface area contributed by atoms with E-state index in [1.54, 1.807) is 24.3 Å². The van der Waals surface area contributed by atoms with Crippen molar-refractivity contribution in [1.82, 2.24) is 0 Å². The lowest BCUT2D eigenvalue weighted by atomic mass is 9.78. The highest BCUT2D eigenvalue weighted by Gasteiger charge is 2.57. The molecule has 0 aliphatic heterocycles. The zero-order valence-electron chi connectivity index (χ0n) is 14.7. The van der Waals surface area contributed by atoms with Crippen molar-refractivity contribution < 1.29 is 19.5 Å². The normalized spacial score (nSPS) is 27.2. The number of hydrogen-bond donors (Lipinski definition) is 2. The van der Waals surface area contributed by atoms with E-state index >= 15 is 0 Å². The molecule has 25 heavy (non-hydrogen) atoms. The van der Waals surface area contributed by atoms with Gasteiger partial charge in [-0.05, 0) is 69.7 Å². The molecule has 0 radical (unpaired) electrons. The van der Waals surface area contributed by atoms with Crippen LogP contribution in [0.4, 0.5) is 5.69 Å². The number of benzene rings is 1. The van der Waals surface area contributed by atoms with Gasteiger partial charge in [0, 0.05) is 11.3 Å². The number of carbonyl (C=O) groups excluding carboxylic acids is 2. The Balaban J connectivity index is 1.84. The predicted octanol–water partition coefficient (Wildman–Crippen LogP) is 3.52. The second-order valence-electron chi connectivity index (χ2n) is 7.26. The predicted molar refractivity (Wildman–Crippen MR) is 94.3 cm³/mol. The molecule has 1 aromatic rings. The summed E-state index contributed by atoms with van der Waals surface area (Å²) in [6.45, 7) is 5.49. The van der Waals surface area contributed by atoms with E-state index < -0.39 is 17.8 Å². The van der Waals surface area contributed by atoms with Gasteiger partial charge in [-0.15, -0.1) is 0 Å². The molecule has 1 aromatic carbocycles. The molecule has 5 nitrogen and oxygen atoms in total. The van der Waals surface area contributed by atoms with Gasteiger partial charge in [0.15, 0.2) is 5.78 Å². The molecule has 0 saturated heterocycles. The van der Waals surface area contributed by atoms with E-state index in [4.69, 9.17) is 0 Å². The van der Waals surface area contributed by atoms with Crippen molar-refractivity contribution >= 4 is 23.3 Å². The lowest BCUT2D eigenvalue weighted by Crippen LogP contribution is -2.37. The summed E-state index contributed by atoms with van der Waals surface area (Å²) >= 11 is 0. The van der Waals surface area contributed by atoms with E-state index in [0.717, 1.165) is 18.4 Å². The Morgan fingerprint density at radius 1 is 0.960 bits per heavy atom. The fourth-order valence-corrected chi connectivity index (χ4v) is 4.62. The largest absolute Gasteiger partial charge is 0.481 e. The van der Waals surface area contributed by atoms with Crippen molar-refractivity contribution in [1.29, 1.82) is 0 Å². The Morgan fingerprint density at radius 3 is 2.00 bits per heavy atom. The Morgan fingerprint density at radius 2 is 1.52 bits per heavy atom. The molecular formula is C20H23NO4. The number of carboxylic acid groups (broad SMARTS) is 1. The highest BCUT2D eigenvalue weighted by atomic mass is 16.4. The average molecular weight is 341 g/mol. The minimum Gasteiger partial charge on any atom is -0.481 e. The molecule has 5 heteroatoms. The number of allylic oxidation sites excluding steroid dienone is 2. The van der Waals surface area contributed by atoms with Gasteiger partial charge in [0.1, 0.15) is 0 Å². The van der Waals surface area contributed by atoms with Gasteiger partial charge in [-0.3, -0.25) is 14.4 Å². The van der Waals surface area contributed by atoms with E-state index in [0.29, 0.717) is 11.3 Å². The Hall–Kier alpha value is -2.43. The summed E-state index contributed by atoms with van der Waals surface area (Å²) in [6, 6.07) is 6.68. The molecule has 2 N–H and O–H groups in total. The van der Waals surface area contributed by atoms with E-state index in [2.05, 4.69) is 5.32 Å². The van der Waals surface area contributed by atoms with Crippen LogP contribution < -0.4 is 5.32 Å². The van der Waals surface area contributed by atoms with Crippen molar-refractivity contribution in [3.63, 3.8) is 0 Å². The van der Waals surface area contributed by atoms with Crippen LogP contribution in [0, 0.1) is 23.7 Å². The van der Waals surface area contributed by atoms with E-state index in [-0.39, 0.29) is 23.5 Å². The van der Waals surface area contributed by atoms with E-state index in [1.807, 2.05) is 13.8 Å². The standard InChI is InChI=1S/C20H23NO4/c1-10(2)16-14-8-9-15(16)18(20(24)25)17(14)19(23)21-13-6-4-12(5-7-13)11(3)22/h4-7,14-15,17-18H,8-9H2,1-3H3,(H,21,23)(H,24,25)/t14-,15+,17+,18-/m0/s1. The quantitative estimate of drug-likeness (QED) is 0.648. The van der Waals surface area contributed by atoms with Crippen LogP contribution in [0.5, 0.6) is 0 Å². The molecule has 0 aromatic heterocycles. The van der Waals surface area contributed by atoms with Crippen molar-refractivity contribution in [2.45, 2.75) is 33.6 Å². The first-order chi connectivity index (χ1) is 11.8. The number of Topliss-reactive ketones (excluding diaryl/α,β-unsaturated/α-hetero) is 1. The lowest BCUT2D eigenvalue weighted by molar-refractivity contribution is -0.148. The highest BCUT2D eigenvalue weighted by molar-refractivity contribution is 5.98. The maximum absolute atomic E-state index is 12.8. The lowest BCUT2D eigenvalue weighted by Gasteiger charge is -2.26. The van der Waals surface area contributed by atoms with Gasteiger partial charge in [-0.25, -0.2) is 0 Å². The molecule has 1 amide bonds.